The Balaban J connectivity index is 1.48. The van der Waals surface area contributed by atoms with Gasteiger partial charge in [0.15, 0.2) is 12.4 Å². The Bertz CT molecular complexity index is 597. The normalized spacial score (nSPS) is 13.0. The maximum Gasteiger partial charge on any atom is 0.258 e. The van der Waals surface area contributed by atoms with Crippen molar-refractivity contribution in [2.45, 2.75) is 25.8 Å². The third-order valence-corrected chi connectivity index (χ3v) is 3.27. The van der Waals surface area contributed by atoms with E-state index in [1.807, 2.05) is 12.1 Å². The molecule has 20 heavy (non-hydrogen) atoms. The summed E-state index contributed by atoms with van der Waals surface area (Å²) in [4.78, 5) is 11.6. The Kier molecular flexibility index (Phi) is 3.58. The fourth-order valence-electron chi connectivity index (χ4n) is 2.27. The first-order valence-corrected chi connectivity index (χ1v) is 6.55. The fraction of sp³-hybridized carbons (Fsp3) is 0.385. The second-order valence-electron chi connectivity index (χ2n) is 4.68. The number of hydrogen-bond acceptors (Lipinski definition) is 5. The van der Waals surface area contributed by atoms with Crippen molar-refractivity contribution < 1.29 is 9.53 Å². The molecule has 0 aliphatic heterocycles. The molecule has 0 saturated carbocycles. The highest BCUT2D eigenvalue weighted by Gasteiger charge is 2.12. The molecule has 1 amide bonds. The summed E-state index contributed by atoms with van der Waals surface area (Å²) >= 11 is 0. The number of hydrogen-bond donors (Lipinski definition) is 2. The Morgan fingerprint density at radius 1 is 1.35 bits per heavy atom. The largest absolute Gasteiger partial charge is 0.484 e. The Morgan fingerprint density at radius 3 is 3.10 bits per heavy atom. The van der Waals surface area contributed by atoms with Gasteiger partial charge >= 0.3 is 0 Å². The van der Waals surface area contributed by atoms with Gasteiger partial charge in [-0.15, -0.1) is 10.2 Å². The summed E-state index contributed by atoms with van der Waals surface area (Å²) < 4.78 is 5.49. The van der Waals surface area contributed by atoms with Crippen molar-refractivity contribution in [3.05, 3.63) is 35.2 Å². The molecule has 1 heterocycles. The van der Waals surface area contributed by atoms with Gasteiger partial charge in [0, 0.05) is 0 Å². The third kappa shape index (κ3) is 2.93. The van der Waals surface area contributed by atoms with E-state index in [2.05, 4.69) is 32.0 Å². The maximum atomic E-state index is 11.6. The van der Waals surface area contributed by atoms with Crippen molar-refractivity contribution >= 4 is 5.91 Å². The number of ether oxygens (including phenoxy) is 1. The summed E-state index contributed by atoms with van der Waals surface area (Å²) in [6.07, 6.45) is 3.43. The molecule has 0 unspecified atom stereocenters. The van der Waals surface area contributed by atoms with Gasteiger partial charge in [0.05, 0.1) is 6.54 Å². The monoisotopic (exact) mass is 273 g/mol. The van der Waals surface area contributed by atoms with E-state index in [0.717, 1.165) is 18.6 Å². The average Bonchev–Trinajstić information content (AvgIpc) is 3.13. The average molecular weight is 273 g/mol. The Labute approximate surface area is 115 Å². The van der Waals surface area contributed by atoms with Crippen LogP contribution in [0.2, 0.25) is 0 Å². The maximum absolute atomic E-state index is 11.6. The van der Waals surface area contributed by atoms with Gasteiger partial charge in [-0.1, -0.05) is 11.3 Å². The van der Waals surface area contributed by atoms with Gasteiger partial charge in [-0.05, 0) is 42.5 Å². The molecule has 0 spiro atoms. The predicted molar refractivity (Wildman–Crippen MR) is 70.0 cm³/mol. The predicted octanol–water partition coefficient (Wildman–Crippen LogP) is 0.384. The minimum atomic E-state index is -0.213. The van der Waals surface area contributed by atoms with Crippen LogP contribution in [-0.2, 0) is 24.2 Å². The van der Waals surface area contributed by atoms with Crippen LogP contribution in [0.15, 0.2) is 18.2 Å². The van der Waals surface area contributed by atoms with E-state index in [1.165, 1.54) is 17.5 Å². The topological polar surface area (TPSA) is 92.8 Å². The lowest BCUT2D eigenvalue weighted by molar-refractivity contribution is -0.123. The van der Waals surface area contributed by atoms with Crippen LogP contribution in [0.3, 0.4) is 0 Å². The number of tetrazole rings is 1. The first kappa shape index (κ1) is 12.6. The van der Waals surface area contributed by atoms with E-state index < -0.39 is 0 Å². The molecule has 2 N–H and O–H groups in total. The highest BCUT2D eigenvalue weighted by atomic mass is 16.5. The quantitative estimate of drug-likeness (QED) is 0.821. The summed E-state index contributed by atoms with van der Waals surface area (Å²) in [5.74, 6) is 0.964. The second-order valence-corrected chi connectivity index (χ2v) is 4.68. The van der Waals surface area contributed by atoms with Gasteiger partial charge < -0.3 is 10.1 Å². The highest BCUT2D eigenvalue weighted by Crippen LogP contribution is 2.25. The van der Waals surface area contributed by atoms with Crippen LogP contribution < -0.4 is 10.1 Å². The summed E-state index contributed by atoms with van der Waals surface area (Å²) in [6.45, 7) is 0.222. The lowest BCUT2D eigenvalue weighted by Gasteiger charge is -2.08. The van der Waals surface area contributed by atoms with Gasteiger partial charge in [0.25, 0.3) is 5.91 Å². The minimum Gasteiger partial charge on any atom is -0.484 e. The van der Waals surface area contributed by atoms with Crippen LogP contribution in [0.5, 0.6) is 5.75 Å². The first-order valence-electron chi connectivity index (χ1n) is 6.55. The number of benzene rings is 1. The summed E-state index contributed by atoms with van der Waals surface area (Å²) in [5.41, 5.74) is 2.72. The Hall–Kier alpha value is -2.44. The molecule has 7 heteroatoms. The van der Waals surface area contributed by atoms with Crippen LogP contribution >= 0.6 is 0 Å². The summed E-state index contributed by atoms with van der Waals surface area (Å²) in [6, 6.07) is 6.01. The lowest BCUT2D eigenvalue weighted by atomic mass is 10.1. The molecule has 2 aromatic rings. The number of aromatic nitrogens is 4. The van der Waals surface area contributed by atoms with Gasteiger partial charge in [0.2, 0.25) is 0 Å². The van der Waals surface area contributed by atoms with Crippen molar-refractivity contribution in [2.24, 2.45) is 0 Å². The zero-order valence-corrected chi connectivity index (χ0v) is 10.9. The number of rotatable bonds is 5. The lowest BCUT2D eigenvalue weighted by Crippen LogP contribution is -2.28. The highest BCUT2D eigenvalue weighted by molar-refractivity contribution is 5.77. The summed E-state index contributed by atoms with van der Waals surface area (Å²) in [7, 11) is 0. The molecule has 0 radical (unpaired) electrons. The van der Waals surface area contributed by atoms with E-state index in [4.69, 9.17) is 4.74 Å². The smallest absolute Gasteiger partial charge is 0.258 e. The number of nitrogens with zero attached hydrogens (tertiary/aromatic N) is 3. The number of H-pyrrole nitrogens is 1. The van der Waals surface area contributed by atoms with Crippen LogP contribution in [-0.4, -0.2) is 33.1 Å². The molecule has 1 aromatic carbocycles. The second kappa shape index (κ2) is 5.68. The fourth-order valence-corrected chi connectivity index (χ4v) is 2.27. The SMILES string of the molecule is O=C(COc1ccc2c(c1)CCC2)NCc1nn[nH]n1. The zero-order valence-electron chi connectivity index (χ0n) is 10.9. The molecule has 7 nitrogen and oxygen atoms in total. The minimum absolute atomic E-state index is 0.0172. The number of aromatic amines is 1. The van der Waals surface area contributed by atoms with Crippen LogP contribution in [0.4, 0.5) is 0 Å². The van der Waals surface area contributed by atoms with Crippen molar-refractivity contribution in [3.63, 3.8) is 0 Å². The van der Waals surface area contributed by atoms with Crippen LogP contribution in [0, 0.1) is 0 Å². The molecule has 0 saturated heterocycles. The van der Waals surface area contributed by atoms with Gasteiger partial charge in [0.1, 0.15) is 5.75 Å². The zero-order chi connectivity index (χ0) is 13.8. The van der Waals surface area contributed by atoms with Crippen molar-refractivity contribution in [3.8, 4) is 5.75 Å². The van der Waals surface area contributed by atoms with Gasteiger partial charge in [-0.25, -0.2) is 0 Å². The Morgan fingerprint density at radius 2 is 2.25 bits per heavy atom. The number of amides is 1. The molecule has 0 atom stereocenters. The molecule has 1 aliphatic rings. The number of aryl methyl sites for hydroxylation is 2. The van der Waals surface area contributed by atoms with E-state index >= 15 is 0 Å². The molecule has 0 fully saturated rings. The first-order chi connectivity index (χ1) is 9.81. The van der Waals surface area contributed by atoms with Gasteiger partial charge in [-0.3, -0.25) is 4.79 Å². The van der Waals surface area contributed by atoms with Crippen LogP contribution in [0.25, 0.3) is 0 Å². The van der Waals surface area contributed by atoms with Gasteiger partial charge in [-0.2, -0.15) is 5.21 Å². The standard InChI is InChI=1S/C13H15N5O2/c19-13(14-7-12-15-17-18-16-12)8-20-11-5-4-9-2-1-3-10(9)6-11/h4-6H,1-3,7-8H2,(H,14,19)(H,15,16,17,18). The number of carbonyl (C=O) groups excluding carboxylic acids is 1. The summed E-state index contributed by atoms with van der Waals surface area (Å²) in [5, 5.41) is 15.9. The van der Waals surface area contributed by atoms with E-state index in [0.29, 0.717) is 5.82 Å². The molecule has 1 aromatic heterocycles. The molecular formula is C13H15N5O2. The van der Waals surface area contributed by atoms with Crippen molar-refractivity contribution in [1.29, 1.82) is 0 Å². The molecule has 0 bridgehead atoms. The number of nitrogens with one attached hydrogen (secondary N) is 2. The number of fused-ring (bicyclic) bond motifs is 1. The number of carbonyl (C=O) groups is 1. The van der Waals surface area contributed by atoms with E-state index in [9.17, 15) is 4.79 Å². The van der Waals surface area contributed by atoms with Crippen molar-refractivity contribution in [2.75, 3.05) is 6.61 Å². The van der Waals surface area contributed by atoms with E-state index in [-0.39, 0.29) is 19.1 Å². The molecule has 1 aliphatic carbocycles. The third-order valence-electron chi connectivity index (χ3n) is 3.27. The molecular weight excluding hydrogens is 258 g/mol. The van der Waals surface area contributed by atoms with E-state index in [1.54, 1.807) is 0 Å². The molecule has 3 rings (SSSR count). The van der Waals surface area contributed by atoms with Crippen molar-refractivity contribution in [1.82, 2.24) is 25.9 Å². The molecule has 104 valence electrons. The van der Waals surface area contributed by atoms with Crippen LogP contribution in [0.1, 0.15) is 23.4 Å².